The predicted octanol–water partition coefficient (Wildman–Crippen LogP) is 1.22. The van der Waals surface area contributed by atoms with Gasteiger partial charge in [0.1, 0.15) is 23.7 Å². The number of rotatable bonds is 4. The van der Waals surface area contributed by atoms with Gasteiger partial charge in [-0.2, -0.15) is 9.82 Å². The fraction of sp³-hybridized carbons (Fsp3) is 0.444. The van der Waals surface area contributed by atoms with Crippen LogP contribution < -0.4 is 14.4 Å². The number of carbonyl (C=O) groups excluding carboxylic acids is 1. The van der Waals surface area contributed by atoms with Crippen molar-refractivity contribution in [2.75, 3.05) is 11.4 Å². The van der Waals surface area contributed by atoms with E-state index in [1.165, 1.54) is 6.07 Å². The molecule has 1 fully saturated rings. The summed E-state index contributed by atoms with van der Waals surface area (Å²) >= 11 is 0. The zero-order valence-corrected chi connectivity index (χ0v) is 16.1. The van der Waals surface area contributed by atoms with Crippen LogP contribution in [0.1, 0.15) is 25.3 Å². The monoisotopic (exact) mass is 390 g/mol. The van der Waals surface area contributed by atoms with E-state index in [2.05, 4.69) is 9.82 Å². The zero-order chi connectivity index (χ0) is 19.2. The van der Waals surface area contributed by atoms with Gasteiger partial charge in [-0.25, -0.2) is 8.42 Å². The lowest BCUT2D eigenvalue weighted by molar-refractivity contribution is -0.121. The summed E-state index contributed by atoms with van der Waals surface area (Å²) in [5.74, 6) is 1.12. The van der Waals surface area contributed by atoms with Gasteiger partial charge in [-0.15, -0.1) is 0 Å². The number of ether oxygens (including phenoxy) is 1. The summed E-state index contributed by atoms with van der Waals surface area (Å²) in [5.41, 5.74) is 0.872. The molecule has 1 aromatic heterocycles. The Morgan fingerprint density at radius 1 is 1.30 bits per heavy atom. The van der Waals surface area contributed by atoms with Crippen molar-refractivity contribution < 1.29 is 17.9 Å². The van der Waals surface area contributed by atoms with E-state index < -0.39 is 16.1 Å². The molecule has 8 nitrogen and oxygen atoms in total. The first-order chi connectivity index (χ1) is 12.8. The molecule has 4 rings (SSSR count). The summed E-state index contributed by atoms with van der Waals surface area (Å²) in [6.45, 7) is 2.49. The van der Waals surface area contributed by atoms with Crippen molar-refractivity contribution in [3.05, 3.63) is 36.0 Å². The number of benzene rings is 1. The molecule has 1 amide bonds. The fourth-order valence-electron chi connectivity index (χ4n) is 3.66. The molecule has 9 heteroatoms. The van der Waals surface area contributed by atoms with E-state index in [9.17, 15) is 13.2 Å². The molecule has 1 saturated heterocycles. The van der Waals surface area contributed by atoms with Crippen molar-refractivity contribution in [3.63, 3.8) is 0 Å². The molecule has 144 valence electrons. The van der Waals surface area contributed by atoms with Gasteiger partial charge in [-0.05, 0) is 43.5 Å². The van der Waals surface area contributed by atoms with Crippen LogP contribution >= 0.6 is 0 Å². The number of sulfonamides is 1. The van der Waals surface area contributed by atoms with Crippen LogP contribution in [0.4, 0.5) is 5.82 Å². The van der Waals surface area contributed by atoms with Crippen LogP contribution in [0.5, 0.6) is 5.75 Å². The summed E-state index contributed by atoms with van der Waals surface area (Å²) in [6, 6.07) is 5.79. The lowest BCUT2D eigenvalue weighted by Crippen LogP contribution is -2.52. The van der Waals surface area contributed by atoms with E-state index >= 15 is 0 Å². The minimum absolute atomic E-state index is 0.0401. The Morgan fingerprint density at radius 2 is 2.11 bits per heavy atom. The molecule has 3 heterocycles. The Morgan fingerprint density at radius 3 is 2.85 bits per heavy atom. The Kier molecular flexibility index (Phi) is 4.43. The summed E-state index contributed by atoms with van der Waals surface area (Å²) in [4.78, 5) is 14.6. The van der Waals surface area contributed by atoms with Crippen LogP contribution in [0.25, 0.3) is 0 Å². The van der Waals surface area contributed by atoms with Crippen molar-refractivity contribution in [2.24, 2.45) is 7.05 Å². The quantitative estimate of drug-likeness (QED) is 0.847. The van der Waals surface area contributed by atoms with E-state index in [-0.39, 0.29) is 16.9 Å². The molecule has 2 aromatic rings. The summed E-state index contributed by atoms with van der Waals surface area (Å²) in [6.07, 6.45) is 3.51. The van der Waals surface area contributed by atoms with E-state index in [4.69, 9.17) is 4.74 Å². The maximum atomic E-state index is 12.9. The standard InChI is InChI=1S/C18H22N4O4S/c1-12-10-13-11-14(5-6-16(13)26-12)27(24,25)20-15-4-3-9-22(18(15)23)17-7-8-19-21(17)2/h5-8,11-12,15,20H,3-4,9-10H2,1-2H3/t12-,15-/m0/s1. The maximum absolute atomic E-state index is 12.9. The lowest BCUT2D eigenvalue weighted by Gasteiger charge is -2.32. The van der Waals surface area contributed by atoms with Crippen molar-refractivity contribution in [1.29, 1.82) is 0 Å². The van der Waals surface area contributed by atoms with Crippen molar-refractivity contribution >= 4 is 21.7 Å². The molecule has 0 spiro atoms. The van der Waals surface area contributed by atoms with Crippen LogP contribution in [0, 0.1) is 0 Å². The molecule has 0 aliphatic carbocycles. The van der Waals surface area contributed by atoms with Gasteiger partial charge >= 0.3 is 0 Å². The molecule has 2 atom stereocenters. The Labute approximate surface area is 158 Å². The van der Waals surface area contributed by atoms with Crippen molar-refractivity contribution in [1.82, 2.24) is 14.5 Å². The third-order valence-electron chi connectivity index (χ3n) is 4.99. The molecule has 1 N–H and O–H groups in total. The molecular formula is C18H22N4O4S. The van der Waals surface area contributed by atoms with Gasteiger partial charge in [0, 0.05) is 26.1 Å². The van der Waals surface area contributed by atoms with Crippen LogP contribution in [-0.4, -0.2) is 42.8 Å². The molecule has 2 aliphatic heterocycles. The number of hydrogen-bond donors (Lipinski definition) is 1. The minimum atomic E-state index is -3.81. The number of hydrogen-bond acceptors (Lipinski definition) is 5. The molecule has 2 aliphatic rings. The summed E-state index contributed by atoms with van der Waals surface area (Å²) in [7, 11) is -2.06. The number of fused-ring (bicyclic) bond motifs is 1. The Balaban J connectivity index is 1.55. The van der Waals surface area contributed by atoms with Gasteiger partial charge in [-0.3, -0.25) is 14.4 Å². The first-order valence-corrected chi connectivity index (χ1v) is 10.4. The van der Waals surface area contributed by atoms with Crippen LogP contribution in [0.2, 0.25) is 0 Å². The second-order valence-electron chi connectivity index (χ2n) is 7.02. The SMILES string of the molecule is C[C@H]1Cc2cc(S(=O)(=O)N[C@H]3CCCN(c4ccnn4C)C3=O)ccc2O1. The number of piperidine rings is 1. The molecule has 0 saturated carbocycles. The Hall–Kier alpha value is -2.39. The molecule has 0 bridgehead atoms. The van der Waals surface area contributed by atoms with Crippen LogP contribution in [-0.2, 0) is 28.3 Å². The Bertz CT molecular complexity index is 985. The van der Waals surface area contributed by atoms with Gasteiger partial charge in [0.05, 0.1) is 11.1 Å². The molecule has 0 unspecified atom stereocenters. The second-order valence-corrected chi connectivity index (χ2v) is 8.74. The third-order valence-corrected chi connectivity index (χ3v) is 6.45. The highest BCUT2D eigenvalue weighted by molar-refractivity contribution is 7.89. The number of carbonyl (C=O) groups is 1. The highest BCUT2D eigenvalue weighted by atomic mass is 32.2. The van der Waals surface area contributed by atoms with Gasteiger partial charge in [0.25, 0.3) is 0 Å². The average Bonchev–Trinajstić information content (AvgIpc) is 3.20. The summed E-state index contributed by atoms with van der Waals surface area (Å²) < 4.78 is 35.5. The van der Waals surface area contributed by atoms with Gasteiger partial charge in [-0.1, -0.05) is 0 Å². The van der Waals surface area contributed by atoms with Crippen LogP contribution in [0.15, 0.2) is 35.4 Å². The van der Waals surface area contributed by atoms with Gasteiger partial charge in [0.15, 0.2) is 0 Å². The van der Waals surface area contributed by atoms with Crippen molar-refractivity contribution in [2.45, 2.75) is 43.2 Å². The average molecular weight is 390 g/mol. The van der Waals surface area contributed by atoms with E-state index in [1.807, 2.05) is 6.92 Å². The number of nitrogens with zero attached hydrogens (tertiary/aromatic N) is 3. The number of amides is 1. The normalized spacial score (nSPS) is 22.6. The largest absolute Gasteiger partial charge is 0.490 e. The van der Waals surface area contributed by atoms with E-state index in [0.717, 1.165) is 11.3 Å². The second kappa shape index (κ2) is 6.65. The number of nitrogens with one attached hydrogen (secondary N) is 1. The van der Waals surface area contributed by atoms with Gasteiger partial charge in [0.2, 0.25) is 15.9 Å². The highest BCUT2D eigenvalue weighted by Gasteiger charge is 2.34. The third kappa shape index (κ3) is 3.32. The fourth-order valence-corrected chi connectivity index (χ4v) is 4.94. The number of anilines is 1. The van der Waals surface area contributed by atoms with Gasteiger partial charge < -0.3 is 4.74 Å². The van der Waals surface area contributed by atoms with Crippen LogP contribution in [0.3, 0.4) is 0 Å². The molecular weight excluding hydrogens is 368 g/mol. The van der Waals surface area contributed by atoms with E-state index in [1.54, 1.807) is 41.0 Å². The molecule has 27 heavy (non-hydrogen) atoms. The minimum Gasteiger partial charge on any atom is -0.490 e. The number of aromatic nitrogens is 2. The topological polar surface area (TPSA) is 93.5 Å². The number of aryl methyl sites for hydroxylation is 1. The highest BCUT2D eigenvalue weighted by Crippen LogP contribution is 2.31. The van der Waals surface area contributed by atoms with Crippen molar-refractivity contribution in [3.8, 4) is 5.75 Å². The first-order valence-electron chi connectivity index (χ1n) is 8.96. The smallest absolute Gasteiger partial charge is 0.246 e. The first kappa shape index (κ1) is 18.0. The predicted molar refractivity (Wildman–Crippen MR) is 99.1 cm³/mol. The molecule has 1 aromatic carbocycles. The lowest BCUT2D eigenvalue weighted by atomic mass is 10.1. The maximum Gasteiger partial charge on any atom is 0.246 e. The summed E-state index contributed by atoms with van der Waals surface area (Å²) in [5, 5.41) is 4.09. The van der Waals surface area contributed by atoms with E-state index in [0.29, 0.717) is 31.6 Å². The molecule has 0 radical (unpaired) electrons. The zero-order valence-electron chi connectivity index (χ0n) is 15.3.